The third-order valence-electron chi connectivity index (χ3n) is 4.51. The van der Waals surface area contributed by atoms with Crippen LogP contribution in [0.15, 0.2) is 30.3 Å². The minimum atomic E-state index is 0.586. The second kappa shape index (κ2) is 5.85. The van der Waals surface area contributed by atoms with E-state index in [1.165, 1.54) is 44.2 Å². The van der Waals surface area contributed by atoms with Crippen LogP contribution >= 0.6 is 0 Å². The summed E-state index contributed by atoms with van der Waals surface area (Å²) in [6.45, 7) is 3.48. The Bertz CT molecular complexity index is 357. The Kier molecular flexibility index (Phi) is 3.96. The number of rotatable bonds is 2. The molecule has 2 nitrogen and oxygen atoms in total. The Morgan fingerprint density at radius 1 is 1.00 bits per heavy atom. The van der Waals surface area contributed by atoms with Gasteiger partial charge < -0.3 is 5.32 Å². The van der Waals surface area contributed by atoms with E-state index in [0.717, 1.165) is 19.1 Å². The van der Waals surface area contributed by atoms with Crippen LogP contribution < -0.4 is 5.32 Å². The van der Waals surface area contributed by atoms with Crippen molar-refractivity contribution in [2.45, 2.75) is 44.2 Å². The highest BCUT2D eigenvalue weighted by Gasteiger charge is 2.30. The van der Waals surface area contributed by atoms with Gasteiger partial charge in [0.15, 0.2) is 0 Å². The van der Waals surface area contributed by atoms with Crippen molar-refractivity contribution in [2.24, 2.45) is 0 Å². The molecular weight excluding hydrogens is 220 g/mol. The highest BCUT2D eigenvalue weighted by Crippen LogP contribution is 2.30. The monoisotopic (exact) mass is 244 g/mol. The molecule has 18 heavy (non-hydrogen) atoms. The van der Waals surface area contributed by atoms with Crippen LogP contribution in [0.1, 0.15) is 43.7 Å². The van der Waals surface area contributed by atoms with Gasteiger partial charge in [0.1, 0.15) is 0 Å². The fraction of sp³-hybridized carbons (Fsp3) is 0.625. The molecule has 1 aliphatic carbocycles. The maximum Gasteiger partial charge on any atom is 0.0476 e. The van der Waals surface area contributed by atoms with Gasteiger partial charge in [0.25, 0.3) is 0 Å². The Hall–Kier alpha value is -0.860. The zero-order valence-corrected chi connectivity index (χ0v) is 11.1. The van der Waals surface area contributed by atoms with Crippen LogP contribution in [0.25, 0.3) is 0 Å². The number of piperazine rings is 1. The first-order valence-electron chi connectivity index (χ1n) is 7.46. The molecule has 1 aromatic carbocycles. The molecule has 0 radical (unpaired) electrons. The smallest absolute Gasteiger partial charge is 0.0476 e. The van der Waals surface area contributed by atoms with Crippen molar-refractivity contribution in [3.05, 3.63) is 35.9 Å². The molecule has 1 saturated heterocycles. The lowest BCUT2D eigenvalue weighted by molar-refractivity contribution is 0.0820. The summed E-state index contributed by atoms with van der Waals surface area (Å²) in [5.41, 5.74) is 1.48. The molecule has 2 fully saturated rings. The number of nitrogens with one attached hydrogen (secondary N) is 1. The van der Waals surface area contributed by atoms with E-state index in [9.17, 15) is 0 Å². The Morgan fingerprint density at radius 3 is 2.56 bits per heavy atom. The van der Waals surface area contributed by atoms with Crippen LogP contribution in [0.5, 0.6) is 0 Å². The number of hydrogen-bond acceptors (Lipinski definition) is 2. The maximum absolute atomic E-state index is 3.56. The van der Waals surface area contributed by atoms with Crippen LogP contribution in [-0.2, 0) is 0 Å². The first-order valence-corrected chi connectivity index (χ1v) is 7.46. The van der Waals surface area contributed by atoms with E-state index >= 15 is 0 Å². The fourth-order valence-electron chi connectivity index (χ4n) is 3.55. The summed E-state index contributed by atoms with van der Waals surface area (Å²) >= 11 is 0. The van der Waals surface area contributed by atoms with Gasteiger partial charge in [-0.1, -0.05) is 49.6 Å². The molecule has 1 heterocycles. The molecule has 98 valence electrons. The zero-order chi connectivity index (χ0) is 12.2. The summed E-state index contributed by atoms with van der Waals surface area (Å²) in [6, 6.07) is 12.4. The minimum Gasteiger partial charge on any atom is -0.314 e. The van der Waals surface area contributed by atoms with Crippen molar-refractivity contribution >= 4 is 0 Å². The summed E-state index contributed by atoms with van der Waals surface area (Å²) in [5, 5.41) is 3.56. The topological polar surface area (TPSA) is 15.3 Å². The molecule has 1 atom stereocenters. The number of benzene rings is 1. The third-order valence-corrected chi connectivity index (χ3v) is 4.51. The van der Waals surface area contributed by atoms with E-state index in [1.54, 1.807) is 0 Å². The molecular formula is C16H24N2. The van der Waals surface area contributed by atoms with Crippen LogP contribution in [0.3, 0.4) is 0 Å². The minimum absolute atomic E-state index is 0.586. The van der Waals surface area contributed by atoms with Crippen molar-refractivity contribution in [1.29, 1.82) is 0 Å². The van der Waals surface area contributed by atoms with Gasteiger partial charge in [0, 0.05) is 31.7 Å². The van der Waals surface area contributed by atoms with Crippen LogP contribution in [-0.4, -0.2) is 30.6 Å². The van der Waals surface area contributed by atoms with Crippen molar-refractivity contribution in [1.82, 2.24) is 10.2 Å². The fourth-order valence-corrected chi connectivity index (χ4v) is 3.55. The van der Waals surface area contributed by atoms with E-state index in [2.05, 4.69) is 40.5 Å². The van der Waals surface area contributed by atoms with Crippen LogP contribution in [0, 0.1) is 0 Å². The van der Waals surface area contributed by atoms with Gasteiger partial charge in [0.05, 0.1) is 0 Å². The maximum atomic E-state index is 3.56. The van der Waals surface area contributed by atoms with Gasteiger partial charge in [-0.15, -0.1) is 0 Å². The van der Waals surface area contributed by atoms with Gasteiger partial charge in [0.2, 0.25) is 0 Å². The average molecular weight is 244 g/mol. The van der Waals surface area contributed by atoms with Gasteiger partial charge >= 0.3 is 0 Å². The molecule has 2 aliphatic rings. The lowest BCUT2D eigenvalue weighted by Gasteiger charge is -2.43. The number of nitrogens with zero attached hydrogens (tertiary/aromatic N) is 1. The van der Waals surface area contributed by atoms with E-state index in [-0.39, 0.29) is 0 Å². The summed E-state index contributed by atoms with van der Waals surface area (Å²) in [4.78, 5) is 2.77. The molecule has 0 bridgehead atoms. The van der Waals surface area contributed by atoms with Crippen LogP contribution in [0.4, 0.5) is 0 Å². The summed E-state index contributed by atoms with van der Waals surface area (Å²) in [6.07, 6.45) is 7.11. The van der Waals surface area contributed by atoms with Crippen molar-refractivity contribution in [2.75, 3.05) is 19.6 Å². The van der Waals surface area contributed by atoms with Gasteiger partial charge in [-0.05, 0) is 18.4 Å². The van der Waals surface area contributed by atoms with E-state index < -0.39 is 0 Å². The molecule has 1 aliphatic heterocycles. The van der Waals surface area contributed by atoms with E-state index in [0.29, 0.717) is 6.04 Å². The van der Waals surface area contributed by atoms with Crippen molar-refractivity contribution in [3.63, 3.8) is 0 Å². The lowest BCUT2D eigenvalue weighted by atomic mass is 9.91. The first-order chi connectivity index (χ1) is 8.95. The SMILES string of the molecule is c1ccc(C2CNCCN2C2CCCCC2)cc1. The van der Waals surface area contributed by atoms with Gasteiger partial charge in [-0.25, -0.2) is 0 Å². The highest BCUT2D eigenvalue weighted by molar-refractivity contribution is 5.20. The van der Waals surface area contributed by atoms with Gasteiger partial charge in [-0.2, -0.15) is 0 Å². The second-order valence-corrected chi connectivity index (χ2v) is 5.66. The largest absolute Gasteiger partial charge is 0.314 e. The van der Waals surface area contributed by atoms with Crippen LogP contribution in [0.2, 0.25) is 0 Å². The predicted octanol–water partition coefficient (Wildman–Crippen LogP) is 2.97. The van der Waals surface area contributed by atoms with E-state index in [1.807, 2.05) is 0 Å². The quantitative estimate of drug-likeness (QED) is 0.860. The molecule has 0 amide bonds. The van der Waals surface area contributed by atoms with Gasteiger partial charge in [-0.3, -0.25) is 4.90 Å². The second-order valence-electron chi connectivity index (χ2n) is 5.66. The zero-order valence-electron chi connectivity index (χ0n) is 11.1. The summed E-state index contributed by atoms with van der Waals surface area (Å²) in [7, 11) is 0. The standard InChI is InChI=1S/C16H24N2/c1-3-7-14(8-4-1)16-13-17-11-12-18(16)15-9-5-2-6-10-15/h1,3-4,7-8,15-17H,2,5-6,9-13H2. The third kappa shape index (κ3) is 2.60. The molecule has 2 heteroatoms. The molecule has 0 spiro atoms. The lowest BCUT2D eigenvalue weighted by Crippen LogP contribution is -2.50. The summed E-state index contributed by atoms with van der Waals surface area (Å²) in [5.74, 6) is 0. The predicted molar refractivity (Wildman–Crippen MR) is 75.6 cm³/mol. The Morgan fingerprint density at radius 2 is 1.78 bits per heavy atom. The Labute approximate surface area is 110 Å². The van der Waals surface area contributed by atoms with Crippen molar-refractivity contribution in [3.8, 4) is 0 Å². The number of hydrogen-bond donors (Lipinski definition) is 1. The van der Waals surface area contributed by atoms with E-state index in [4.69, 9.17) is 0 Å². The molecule has 1 N–H and O–H groups in total. The average Bonchev–Trinajstić information content (AvgIpc) is 2.49. The summed E-state index contributed by atoms with van der Waals surface area (Å²) < 4.78 is 0. The van der Waals surface area contributed by atoms with Crippen molar-refractivity contribution < 1.29 is 0 Å². The normalized spacial score (nSPS) is 27.2. The molecule has 3 rings (SSSR count). The Balaban J connectivity index is 1.77. The molecule has 1 unspecified atom stereocenters. The molecule has 0 aromatic heterocycles. The highest BCUT2D eigenvalue weighted by atomic mass is 15.2. The molecule has 1 aromatic rings. The first kappa shape index (κ1) is 12.2. The molecule has 1 saturated carbocycles.